The predicted molar refractivity (Wildman–Crippen MR) is 94.2 cm³/mol. The van der Waals surface area contributed by atoms with Crippen molar-refractivity contribution >= 4 is 28.4 Å². The van der Waals surface area contributed by atoms with E-state index in [1.54, 1.807) is 27.6 Å². The Morgan fingerprint density at radius 3 is 2.69 bits per heavy atom. The van der Waals surface area contributed by atoms with Crippen molar-refractivity contribution in [2.45, 2.75) is 19.3 Å². The molecule has 8 nitrogen and oxygen atoms in total. The second-order valence-corrected chi connectivity index (χ2v) is 6.62. The Hall–Kier alpha value is -3.16. The van der Waals surface area contributed by atoms with E-state index in [0.29, 0.717) is 48.0 Å². The lowest BCUT2D eigenvalue weighted by molar-refractivity contribution is -0.138. The van der Waals surface area contributed by atoms with Crippen LogP contribution in [0.25, 0.3) is 16.6 Å². The summed E-state index contributed by atoms with van der Waals surface area (Å²) in [5.41, 5.74) is 1.11. The van der Waals surface area contributed by atoms with Crippen LogP contribution in [0, 0.1) is 5.92 Å². The maximum Gasteiger partial charge on any atom is 0.303 e. The summed E-state index contributed by atoms with van der Waals surface area (Å²) in [6.45, 7) is 1.01. The molecule has 0 atom stereocenters. The molecule has 2 N–H and O–H groups in total. The zero-order valence-corrected chi connectivity index (χ0v) is 14.0. The SMILES string of the molecule is O=C(O)CC1CCN(C(=O)c2cnn3c2[nH]c(=O)c2ccccc23)CC1. The van der Waals surface area contributed by atoms with Crippen LogP contribution in [0.1, 0.15) is 29.6 Å². The van der Waals surface area contributed by atoms with Crippen LogP contribution in [0.4, 0.5) is 0 Å². The molecular formula is C18H18N4O4. The summed E-state index contributed by atoms with van der Waals surface area (Å²) in [6, 6.07) is 7.10. The maximum atomic E-state index is 12.9. The van der Waals surface area contributed by atoms with Crippen LogP contribution in [0.2, 0.25) is 0 Å². The summed E-state index contributed by atoms with van der Waals surface area (Å²) >= 11 is 0. The van der Waals surface area contributed by atoms with Gasteiger partial charge in [0.2, 0.25) is 0 Å². The number of carbonyl (C=O) groups excluding carboxylic acids is 1. The van der Waals surface area contributed by atoms with Crippen LogP contribution in [0.5, 0.6) is 0 Å². The van der Waals surface area contributed by atoms with Gasteiger partial charge in [0, 0.05) is 19.5 Å². The Labute approximate surface area is 148 Å². The molecule has 0 saturated carbocycles. The van der Waals surface area contributed by atoms with E-state index in [2.05, 4.69) is 10.1 Å². The van der Waals surface area contributed by atoms with Crippen LogP contribution < -0.4 is 5.56 Å². The predicted octanol–water partition coefficient (Wildman–Crippen LogP) is 1.50. The Balaban J connectivity index is 1.64. The molecule has 1 saturated heterocycles. The zero-order chi connectivity index (χ0) is 18.3. The van der Waals surface area contributed by atoms with Gasteiger partial charge in [-0.2, -0.15) is 5.10 Å². The number of benzene rings is 1. The van der Waals surface area contributed by atoms with Gasteiger partial charge in [0.15, 0.2) is 0 Å². The number of para-hydroxylation sites is 1. The first-order valence-corrected chi connectivity index (χ1v) is 8.54. The number of aromatic amines is 1. The molecule has 3 heterocycles. The topological polar surface area (TPSA) is 108 Å². The molecule has 2 aromatic heterocycles. The number of carboxylic acids is 1. The minimum atomic E-state index is -0.804. The highest BCUT2D eigenvalue weighted by Crippen LogP contribution is 2.23. The third-order valence-electron chi connectivity index (χ3n) is 4.97. The number of likely N-dealkylation sites (tertiary alicyclic amines) is 1. The summed E-state index contributed by atoms with van der Waals surface area (Å²) in [4.78, 5) is 40.5. The van der Waals surface area contributed by atoms with Crippen molar-refractivity contribution in [2.75, 3.05) is 13.1 Å². The average Bonchev–Trinajstić information content (AvgIpc) is 3.05. The fourth-order valence-electron chi connectivity index (χ4n) is 3.59. The van der Waals surface area contributed by atoms with Crippen molar-refractivity contribution in [1.82, 2.24) is 19.5 Å². The lowest BCUT2D eigenvalue weighted by Crippen LogP contribution is -2.39. The lowest BCUT2D eigenvalue weighted by Gasteiger charge is -2.31. The van der Waals surface area contributed by atoms with Gasteiger partial charge in [0.25, 0.3) is 11.5 Å². The van der Waals surface area contributed by atoms with Crippen molar-refractivity contribution in [3.63, 3.8) is 0 Å². The molecule has 0 spiro atoms. The second kappa shape index (κ2) is 6.29. The molecule has 8 heteroatoms. The highest BCUT2D eigenvalue weighted by atomic mass is 16.4. The monoisotopic (exact) mass is 354 g/mol. The molecule has 0 radical (unpaired) electrons. The van der Waals surface area contributed by atoms with Gasteiger partial charge in [-0.05, 0) is 30.9 Å². The fraction of sp³-hybridized carbons (Fsp3) is 0.333. The Morgan fingerprint density at radius 2 is 1.96 bits per heavy atom. The number of rotatable bonds is 3. The number of hydrogen-bond donors (Lipinski definition) is 2. The van der Waals surface area contributed by atoms with Gasteiger partial charge in [-0.25, -0.2) is 4.52 Å². The molecule has 1 amide bonds. The van der Waals surface area contributed by atoms with Gasteiger partial charge in [-0.3, -0.25) is 14.4 Å². The quantitative estimate of drug-likeness (QED) is 0.741. The van der Waals surface area contributed by atoms with Crippen LogP contribution >= 0.6 is 0 Å². The standard InChI is InChI=1S/C18H18N4O4/c23-15(24)9-11-5-7-21(8-6-11)18(26)13-10-19-22-14-4-2-1-3-12(14)17(25)20-16(13)22/h1-4,10-11H,5-9H2,(H,20,25)(H,23,24). The van der Waals surface area contributed by atoms with E-state index in [1.165, 1.54) is 6.20 Å². The fourth-order valence-corrected chi connectivity index (χ4v) is 3.59. The van der Waals surface area contributed by atoms with Gasteiger partial charge >= 0.3 is 5.97 Å². The van der Waals surface area contributed by atoms with Gasteiger partial charge in [-0.1, -0.05) is 12.1 Å². The minimum Gasteiger partial charge on any atom is -0.481 e. The van der Waals surface area contributed by atoms with Crippen LogP contribution in [0.15, 0.2) is 35.3 Å². The van der Waals surface area contributed by atoms with E-state index < -0.39 is 5.97 Å². The first-order valence-electron chi connectivity index (χ1n) is 8.54. The first kappa shape index (κ1) is 16.3. The zero-order valence-electron chi connectivity index (χ0n) is 14.0. The number of carboxylic acid groups (broad SMARTS) is 1. The van der Waals surface area contributed by atoms with Crippen molar-refractivity contribution in [3.8, 4) is 0 Å². The number of aromatic nitrogens is 3. The smallest absolute Gasteiger partial charge is 0.303 e. The van der Waals surface area contributed by atoms with E-state index in [0.717, 1.165) is 0 Å². The molecule has 1 fully saturated rings. The molecule has 0 unspecified atom stereocenters. The Morgan fingerprint density at radius 1 is 1.23 bits per heavy atom. The number of nitrogens with zero attached hydrogens (tertiary/aromatic N) is 3. The van der Waals surface area contributed by atoms with Gasteiger partial charge in [0.05, 0.1) is 17.1 Å². The van der Waals surface area contributed by atoms with Gasteiger partial charge in [0.1, 0.15) is 11.2 Å². The highest BCUT2D eigenvalue weighted by Gasteiger charge is 2.27. The minimum absolute atomic E-state index is 0.101. The van der Waals surface area contributed by atoms with Crippen molar-refractivity contribution in [2.24, 2.45) is 5.92 Å². The number of amides is 1. The van der Waals surface area contributed by atoms with E-state index in [1.807, 2.05) is 6.07 Å². The van der Waals surface area contributed by atoms with Crippen molar-refractivity contribution in [1.29, 1.82) is 0 Å². The number of piperidine rings is 1. The summed E-state index contributed by atoms with van der Waals surface area (Å²) in [7, 11) is 0. The third-order valence-corrected chi connectivity index (χ3v) is 4.97. The van der Waals surface area contributed by atoms with Crippen molar-refractivity contribution < 1.29 is 14.7 Å². The summed E-state index contributed by atoms with van der Waals surface area (Å²) in [5.74, 6) is -0.897. The number of fused-ring (bicyclic) bond motifs is 3. The molecule has 0 bridgehead atoms. The van der Waals surface area contributed by atoms with E-state index in [4.69, 9.17) is 5.11 Å². The summed E-state index contributed by atoms with van der Waals surface area (Å²) in [5, 5.41) is 13.7. The average molecular weight is 354 g/mol. The number of H-pyrrole nitrogens is 1. The number of nitrogens with one attached hydrogen (secondary N) is 1. The maximum absolute atomic E-state index is 12.9. The number of carbonyl (C=O) groups is 2. The van der Waals surface area contributed by atoms with E-state index in [9.17, 15) is 14.4 Å². The molecule has 1 aromatic carbocycles. The molecule has 4 rings (SSSR count). The Kier molecular flexibility index (Phi) is 3.95. The molecule has 3 aromatic rings. The van der Waals surface area contributed by atoms with Gasteiger partial charge < -0.3 is 15.0 Å². The van der Waals surface area contributed by atoms with E-state index >= 15 is 0 Å². The normalized spacial score (nSPS) is 15.6. The molecule has 134 valence electrons. The Bertz CT molecular complexity index is 1060. The summed E-state index contributed by atoms with van der Waals surface area (Å²) < 4.78 is 1.57. The number of aliphatic carboxylic acids is 1. The van der Waals surface area contributed by atoms with Crippen molar-refractivity contribution in [3.05, 3.63) is 46.4 Å². The van der Waals surface area contributed by atoms with Gasteiger partial charge in [-0.15, -0.1) is 0 Å². The lowest BCUT2D eigenvalue weighted by atomic mass is 9.93. The molecule has 26 heavy (non-hydrogen) atoms. The molecular weight excluding hydrogens is 336 g/mol. The highest BCUT2D eigenvalue weighted by molar-refractivity contribution is 6.00. The first-order chi connectivity index (χ1) is 12.5. The molecule has 1 aliphatic heterocycles. The van der Waals surface area contributed by atoms with Crippen LogP contribution in [-0.2, 0) is 4.79 Å². The second-order valence-electron chi connectivity index (χ2n) is 6.62. The van der Waals surface area contributed by atoms with Crippen LogP contribution in [-0.4, -0.2) is 49.6 Å². The largest absolute Gasteiger partial charge is 0.481 e. The number of hydrogen-bond acceptors (Lipinski definition) is 4. The van der Waals surface area contributed by atoms with Crippen LogP contribution in [0.3, 0.4) is 0 Å². The molecule has 1 aliphatic rings. The third kappa shape index (κ3) is 2.73. The summed E-state index contributed by atoms with van der Waals surface area (Å²) in [6.07, 6.45) is 2.94. The molecule has 0 aliphatic carbocycles. The van der Waals surface area contributed by atoms with E-state index in [-0.39, 0.29) is 23.8 Å².